The molecular weight excluding hydrogens is 291 g/mol. The predicted molar refractivity (Wildman–Crippen MR) is 66.4 cm³/mol. The van der Waals surface area contributed by atoms with Crippen LogP contribution in [0.1, 0.15) is 18.1 Å². The molecule has 1 aliphatic heterocycles. The van der Waals surface area contributed by atoms with E-state index in [2.05, 4.69) is 15.9 Å². The van der Waals surface area contributed by atoms with Gasteiger partial charge in [0.25, 0.3) is 0 Å². The van der Waals surface area contributed by atoms with Crippen LogP contribution in [0.2, 0.25) is 0 Å². The van der Waals surface area contributed by atoms with Gasteiger partial charge in [-0.05, 0) is 17.7 Å². The van der Waals surface area contributed by atoms with Crippen LogP contribution < -0.4 is 0 Å². The quantitative estimate of drug-likeness (QED) is 0.616. The highest BCUT2D eigenvalue weighted by Crippen LogP contribution is 2.28. The molecule has 0 N–H and O–H groups in total. The van der Waals surface area contributed by atoms with Crippen LogP contribution >= 0.6 is 27.5 Å². The van der Waals surface area contributed by atoms with Crippen molar-refractivity contribution in [2.45, 2.75) is 12.5 Å². The molecule has 0 saturated carbocycles. The van der Waals surface area contributed by atoms with Crippen LogP contribution in [0, 0.1) is 0 Å². The molecule has 84 valence electrons. The molecule has 0 bridgehead atoms. The van der Waals surface area contributed by atoms with Crippen LogP contribution in [-0.4, -0.2) is 11.8 Å². The summed E-state index contributed by atoms with van der Waals surface area (Å²) >= 11 is 8.98. The minimum atomic E-state index is -0.311. The number of carbonyl (C=O) groups excluding carboxylic acids is 1. The molecule has 16 heavy (non-hydrogen) atoms. The molecule has 0 aromatic heterocycles. The summed E-state index contributed by atoms with van der Waals surface area (Å²) in [6.45, 7) is 0. The van der Waals surface area contributed by atoms with Gasteiger partial charge >= 0.3 is 5.97 Å². The zero-order valence-corrected chi connectivity index (χ0v) is 10.8. The van der Waals surface area contributed by atoms with Crippen molar-refractivity contribution >= 4 is 33.5 Å². The van der Waals surface area contributed by atoms with Crippen molar-refractivity contribution in [2.75, 3.05) is 5.88 Å². The van der Waals surface area contributed by atoms with E-state index in [4.69, 9.17) is 16.3 Å². The number of hydrogen-bond donors (Lipinski definition) is 0. The lowest BCUT2D eigenvalue weighted by Crippen LogP contribution is -2.18. The molecule has 0 aliphatic carbocycles. The number of benzene rings is 1. The number of rotatable bonds is 2. The van der Waals surface area contributed by atoms with Crippen LogP contribution in [0.15, 0.2) is 40.4 Å². The lowest BCUT2D eigenvalue weighted by Gasteiger charge is -2.21. The van der Waals surface area contributed by atoms with Gasteiger partial charge in [-0.3, -0.25) is 0 Å². The van der Waals surface area contributed by atoms with E-state index in [0.29, 0.717) is 12.0 Å². The molecule has 1 heterocycles. The molecular formula is C12H10BrClO2. The van der Waals surface area contributed by atoms with E-state index in [9.17, 15) is 4.79 Å². The fraction of sp³-hybridized carbons (Fsp3) is 0.250. The van der Waals surface area contributed by atoms with Crippen LogP contribution in [0.5, 0.6) is 0 Å². The number of alkyl halides is 1. The molecule has 0 amide bonds. The topological polar surface area (TPSA) is 26.3 Å². The molecule has 1 aromatic carbocycles. The normalized spacial score (nSPS) is 20.2. The summed E-state index contributed by atoms with van der Waals surface area (Å²) in [4.78, 5) is 11.5. The number of cyclic esters (lactones) is 1. The highest BCUT2D eigenvalue weighted by atomic mass is 79.9. The molecule has 1 atom stereocenters. The minimum absolute atomic E-state index is 0.187. The van der Waals surface area contributed by atoms with Gasteiger partial charge in [-0.1, -0.05) is 34.1 Å². The van der Waals surface area contributed by atoms with Crippen LogP contribution in [0.3, 0.4) is 0 Å². The number of carbonyl (C=O) groups is 1. The highest BCUT2D eigenvalue weighted by Gasteiger charge is 2.23. The van der Waals surface area contributed by atoms with Crippen LogP contribution in [-0.2, 0) is 9.53 Å². The predicted octanol–water partition coefficient (Wildman–Crippen LogP) is 3.60. The van der Waals surface area contributed by atoms with Crippen molar-refractivity contribution < 1.29 is 9.53 Å². The summed E-state index contributed by atoms with van der Waals surface area (Å²) in [5.74, 6) is -0.0968. The molecule has 1 aliphatic rings. The fourth-order valence-electron chi connectivity index (χ4n) is 1.58. The second kappa shape index (κ2) is 5.02. The Morgan fingerprint density at radius 1 is 1.38 bits per heavy atom. The average Bonchev–Trinajstić information content (AvgIpc) is 2.30. The van der Waals surface area contributed by atoms with Gasteiger partial charge in [0.1, 0.15) is 6.10 Å². The zero-order chi connectivity index (χ0) is 11.5. The van der Waals surface area contributed by atoms with Crippen molar-refractivity contribution in [3.05, 3.63) is 46.0 Å². The van der Waals surface area contributed by atoms with E-state index in [1.165, 1.54) is 0 Å². The largest absolute Gasteiger partial charge is 0.454 e. The van der Waals surface area contributed by atoms with E-state index in [1.54, 1.807) is 0 Å². The maximum atomic E-state index is 11.5. The first-order chi connectivity index (χ1) is 7.70. The van der Waals surface area contributed by atoms with E-state index in [-0.39, 0.29) is 18.0 Å². The number of halogens is 2. The standard InChI is InChI=1S/C12H10BrClO2/c13-10-4-1-8(2-5-10)11-6-3-9(7-14)12(15)16-11/h1-5,11H,6-7H2. The Morgan fingerprint density at radius 3 is 2.62 bits per heavy atom. The summed E-state index contributed by atoms with van der Waals surface area (Å²) in [5, 5.41) is 0. The summed E-state index contributed by atoms with van der Waals surface area (Å²) < 4.78 is 6.32. The Kier molecular flexibility index (Phi) is 3.66. The van der Waals surface area contributed by atoms with E-state index in [1.807, 2.05) is 30.3 Å². The fourth-order valence-corrected chi connectivity index (χ4v) is 2.06. The van der Waals surface area contributed by atoms with Crippen LogP contribution in [0.4, 0.5) is 0 Å². The molecule has 1 aromatic rings. The maximum Gasteiger partial charge on any atom is 0.335 e. The van der Waals surface area contributed by atoms with Gasteiger partial charge in [0, 0.05) is 16.5 Å². The van der Waals surface area contributed by atoms with Gasteiger partial charge in [0.15, 0.2) is 0 Å². The van der Waals surface area contributed by atoms with Crippen molar-refractivity contribution in [2.24, 2.45) is 0 Å². The Hall–Kier alpha value is -0.800. The summed E-state index contributed by atoms with van der Waals surface area (Å²) in [6, 6.07) is 7.76. The second-order valence-electron chi connectivity index (χ2n) is 3.54. The monoisotopic (exact) mass is 300 g/mol. The van der Waals surface area contributed by atoms with Gasteiger partial charge in [-0.15, -0.1) is 11.6 Å². The third kappa shape index (κ3) is 2.47. The van der Waals surface area contributed by atoms with E-state index >= 15 is 0 Å². The van der Waals surface area contributed by atoms with Crippen molar-refractivity contribution in [3.8, 4) is 0 Å². The zero-order valence-electron chi connectivity index (χ0n) is 8.45. The van der Waals surface area contributed by atoms with Gasteiger partial charge in [-0.25, -0.2) is 4.79 Å². The second-order valence-corrected chi connectivity index (χ2v) is 4.73. The number of hydrogen-bond acceptors (Lipinski definition) is 2. The molecule has 0 saturated heterocycles. The lowest BCUT2D eigenvalue weighted by molar-refractivity contribution is -0.145. The summed E-state index contributed by atoms with van der Waals surface area (Å²) in [5.41, 5.74) is 1.55. The molecule has 0 radical (unpaired) electrons. The van der Waals surface area contributed by atoms with Crippen molar-refractivity contribution in [3.63, 3.8) is 0 Å². The van der Waals surface area contributed by atoms with Gasteiger partial charge in [-0.2, -0.15) is 0 Å². The average molecular weight is 302 g/mol. The first-order valence-corrected chi connectivity index (χ1v) is 6.25. The first-order valence-electron chi connectivity index (χ1n) is 4.92. The first kappa shape index (κ1) is 11.7. The molecule has 0 spiro atoms. The lowest BCUT2D eigenvalue weighted by atomic mass is 10.0. The smallest absolute Gasteiger partial charge is 0.335 e. The third-order valence-electron chi connectivity index (χ3n) is 2.48. The Balaban J connectivity index is 2.17. The summed E-state index contributed by atoms with van der Waals surface area (Å²) in [6.07, 6.45) is 2.36. The maximum absolute atomic E-state index is 11.5. The molecule has 1 unspecified atom stereocenters. The van der Waals surface area contributed by atoms with Gasteiger partial charge in [0.2, 0.25) is 0 Å². The van der Waals surface area contributed by atoms with Crippen LogP contribution in [0.25, 0.3) is 0 Å². The summed E-state index contributed by atoms with van der Waals surface area (Å²) in [7, 11) is 0. The molecule has 2 nitrogen and oxygen atoms in total. The third-order valence-corrected chi connectivity index (χ3v) is 3.29. The number of esters is 1. The van der Waals surface area contributed by atoms with E-state index in [0.717, 1.165) is 10.0 Å². The highest BCUT2D eigenvalue weighted by molar-refractivity contribution is 9.10. The molecule has 0 fully saturated rings. The Labute approximate surface area is 107 Å². The van der Waals surface area contributed by atoms with Crippen molar-refractivity contribution in [1.82, 2.24) is 0 Å². The number of ether oxygens (including phenoxy) is 1. The minimum Gasteiger partial charge on any atom is -0.454 e. The van der Waals surface area contributed by atoms with Crippen molar-refractivity contribution in [1.29, 1.82) is 0 Å². The Morgan fingerprint density at radius 2 is 2.06 bits per heavy atom. The Bertz CT molecular complexity index is 425. The molecule has 2 rings (SSSR count). The molecule has 4 heteroatoms. The van der Waals surface area contributed by atoms with E-state index < -0.39 is 0 Å². The van der Waals surface area contributed by atoms with Gasteiger partial charge in [0.05, 0.1) is 5.88 Å². The SMILES string of the molecule is O=C1OC(c2ccc(Br)cc2)CC=C1CCl. The van der Waals surface area contributed by atoms with Gasteiger partial charge < -0.3 is 4.74 Å².